The van der Waals surface area contributed by atoms with Crippen LogP contribution in [0.15, 0.2) is 30.3 Å². The summed E-state index contributed by atoms with van der Waals surface area (Å²) in [6, 6.07) is 9.42. The van der Waals surface area contributed by atoms with Crippen molar-refractivity contribution in [3.63, 3.8) is 0 Å². The van der Waals surface area contributed by atoms with Crippen LogP contribution >= 0.6 is 0 Å². The number of nitrogens with one attached hydrogen (secondary N) is 1. The first kappa shape index (κ1) is 15.5. The fourth-order valence-electron chi connectivity index (χ4n) is 2.59. The van der Waals surface area contributed by atoms with Crippen molar-refractivity contribution in [1.82, 2.24) is 10.2 Å². The van der Waals surface area contributed by atoms with Crippen molar-refractivity contribution >= 4 is 11.8 Å². The summed E-state index contributed by atoms with van der Waals surface area (Å²) in [6.45, 7) is 6.16. The molecule has 1 saturated heterocycles. The van der Waals surface area contributed by atoms with Gasteiger partial charge in [0, 0.05) is 31.1 Å². The molecule has 1 fully saturated rings. The third kappa shape index (κ3) is 4.31. The van der Waals surface area contributed by atoms with Crippen LogP contribution in [0.25, 0.3) is 0 Å². The van der Waals surface area contributed by atoms with Crippen molar-refractivity contribution in [2.75, 3.05) is 19.6 Å². The zero-order chi connectivity index (χ0) is 15.2. The average molecular weight is 288 g/mol. The van der Waals surface area contributed by atoms with E-state index in [9.17, 15) is 9.59 Å². The van der Waals surface area contributed by atoms with E-state index in [0.29, 0.717) is 25.6 Å². The van der Waals surface area contributed by atoms with Crippen LogP contribution in [-0.2, 0) is 0 Å². The molecule has 4 heteroatoms. The molecule has 1 aromatic rings. The highest BCUT2D eigenvalue weighted by molar-refractivity contribution is 5.97. The first-order chi connectivity index (χ1) is 10.1. The third-order valence-corrected chi connectivity index (χ3v) is 3.87. The Bertz CT molecular complexity index is 477. The lowest BCUT2D eigenvalue weighted by Crippen LogP contribution is -2.46. The molecule has 1 aliphatic rings. The van der Waals surface area contributed by atoms with Gasteiger partial charge in [-0.15, -0.1) is 0 Å². The number of amides is 2. The van der Waals surface area contributed by atoms with E-state index in [-0.39, 0.29) is 17.7 Å². The van der Waals surface area contributed by atoms with Gasteiger partial charge >= 0.3 is 6.03 Å². The maximum atomic E-state index is 12.4. The van der Waals surface area contributed by atoms with E-state index >= 15 is 0 Å². The highest BCUT2D eigenvalue weighted by Gasteiger charge is 2.27. The molecular weight excluding hydrogens is 264 g/mol. The fraction of sp³-hybridized carbons (Fsp3) is 0.529. The number of ketones is 1. The molecule has 0 bridgehead atoms. The molecule has 1 N–H and O–H groups in total. The van der Waals surface area contributed by atoms with Crippen molar-refractivity contribution in [2.45, 2.75) is 26.7 Å². The smallest absolute Gasteiger partial charge is 0.317 e. The van der Waals surface area contributed by atoms with Crippen molar-refractivity contribution in [3.8, 4) is 0 Å². The van der Waals surface area contributed by atoms with Crippen LogP contribution in [0.3, 0.4) is 0 Å². The van der Waals surface area contributed by atoms with Crippen LogP contribution in [0.1, 0.15) is 37.0 Å². The number of nitrogens with zero attached hydrogens (tertiary/aromatic N) is 1. The molecule has 4 nitrogen and oxygen atoms in total. The quantitative estimate of drug-likeness (QED) is 0.866. The van der Waals surface area contributed by atoms with Gasteiger partial charge in [-0.3, -0.25) is 4.79 Å². The molecule has 2 rings (SSSR count). The lowest BCUT2D eigenvalue weighted by Gasteiger charge is -2.31. The van der Waals surface area contributed by atoms with E-state index in [1.165, 1.54) is 0 Å². The molecule has 0 aromatic heterocycles. The second-order valence-corrected chi connectivity index (χ2v) is 6.07. The van der Waals surface area contributed by atoms with Gasteiger partial charge in [0.05, 0.1) is 0 Å². The van der Waals surface area contributed by atoms with Crippen LogP contribution < -0.4 is 5.32 Å². The molecule has 0 unspecified atom stereocenters. The number of Topliss-reactive ketones (excluding diaryl/α,β-unsaturated/α-hetero) is 1. The largest absolute Gasteiger partial charge is 0.338 e. The molecule has 0 aliphatic carbocycles. The van der Waals surface area contributed by atoms with Gasteiger partial charge in [-0.2, -0.15) is 0 Å². The van der Waals surface area contributed by atoms with E-state index < -0.39 is 0 Å². The van der Waals surface area contributed by atoms with Crippen molar-refractivity contribution in [2.24, 2.45) is 11.8 Å². The van der Waals surface area contributed by atoms with Crippen molar-refractivity contribution in [3.05, 3.63) is 35.9 Å². The lowest BCUT2D eigenvalue weighted by atomic mass is 9.89. The zero-order valence-electron chi connectivity index (χ0n) is 12.8. The van der Waals surface area contributed by atoms with E-state index in [4.69, 9.17) is 0 Å². The Kier molecular flexibility index (Phi) is 5.37. The Morgan fingerprint density at radius 1 is 1.19 bits per heavy atom. The maximum absolute atomic E-state index is 12.4. The van der Waals surface area contributed by atoms with Gasteiger partial charge in [-0.05, 0) is 18.8 Å². The highest BCUT2D eigenvalue weighted by Crippen LogP contribution is 2.21. The van der Waals surface area contributed by atoms with Gasteiger partial charge in [0.15, 0.2) is 5.78 Å². The van der Waals surface area contributed by atoms with Gasteiger partial charge in [0.25, 0.3) is 0 Å². The molecular formula is C17H24N2O2. The number of carbonyl (C=O) groups is 2. The summed E-state index contributed by atoms with van der Waals surface area (Å²) in [4.78, 5) is 26.2. The minimum atomic E-state index is -0.00527. The van der Waals surface area contributed by atoms with Gasteiger partial charge in [-0.25, -0.2) is 4.79 Å². The van der Waals surface area contributed by atoms with E-state index in [1.807, 2.05) is 35.2 Å². The minimum absolute atomic E-state index is 0.00527. The number of hydrogen-bond acceptors (Lipinski definition) is 2. The SMILES string of the molecule is CC(C)CNC(=O)N1CCC(C(=O)c2ccccc2)CC1. The molecule has 0 radical (unpaired) electrons. The van der Waals surface area contributed by atoms with E-state index in [1.54, 1.807) is 0 Å². The van der Waals surface area contributed by atoms with Gasteiger partial charge in [0.1, 0.15) is 0 Å². The van der Waals surface area contributed by atoms with Gasteiger partial charge in [0.2, 0.25) is 0 Å². The predicted octanol–water partition coefficient (Wildman–Crippen LogP) is 2.95. The third-order valence-electron chi connectivity index (χ3n) is 3.87. The number of piperidine rings is 1. The maximum Gasteiger partial charge on any atom is 0.317 e. The van der Waals surface area contributed by atoms with Crippen LogP contribution in [0.4, 0.5) is 4.79 Å². The van der Waals surface area contributed by atoms with Crippen LogP contribution in [0.5, 0.6) is 0 Å². The summed E-state index contributed by atoms with van der Waals surface area (Å²) in [5.41, 5.74) is 0.778. The van der Waals surface area contributed by atoms with Crippen LogP contribution in [0.2, 0.25) is 0 Å². The molecule has 0 atom stereocenters. The normalized spacial score (nSPS) is 16.0. The van der Waals surface area contributed by atoms with Gasteiger partial charge < -0.3 is 10.2 Å². The fourth-order valence-corrected chi connectivity index (χ4v) is 2.59. The zero-order valence-corrected chi connectivity index (χ0v) is 12.8. The number of rotatable bonds is 4. The number of hydrogen-bond donors (Lipinski definition) is 1. The lowest BCUT2D eigenvalue weighted by molar-refractivity contribution is 0.0854. The van der Waals surface area contributed by atoms with Crippen LogP contribution in [-0.4, -0.2) is 36.3 Å². The summed E-state index contributed by atoms with van der Waals surface area (Å²) < 4.78 is 0. The second-order valence-electron chi connectivity index (χ2n) is 6.07. The summed E-state index contributed by atoms with van der Waals surface area (Å²) in [6.07, 6.45) is 1.51. The average Bonchev–Trinajstić information content (AvgIpc) is 2.53. The monoisotopic (exact) mass is 288 g/mol. The molecule has 2 amide bonds. The number of likely N-dealkylation sites (tertiary alicyclic amines) is 1. The summed E-state index contributed by atoms with van der Waals surface area (Å²) in [5, 5.41) is 2.93. The molecule has 1 heterocycles. The molecule has 1 aliphatic heterocycles. The van der Waals surface area contributed by atoms with Crippen molar-refractivity contribution in [1.29, 1.82) is 0 Å². The number of benzene rings is 1. The summed E-state index contributed by atoms with van der Waals surface area (Å²) in [7, 11) is 0. The van der Waals surface area contributed by atoms with E-state index in [2.05, 4.69) is 19.2 Å². The Labute approximate surface area is 126 Å². The van der Waals surface area contributed by atoms with E-state index in [0.717, 1.165) is 18.4 Å². The summed E-state index contributed by atoms with van der Waals surface area (Å²) in [5.74, 6) is 0.700. The summed E-state index contributed by atoms with van der Waals surface area (Å²) >= 11 is 0. The molecule has 1 aromatic carbocycles. The number of carbonyl (C=O) groups excluding carboxylic acids is 2. The second kappa shape index (κ2) is 7.25. The molecule has 0 spiro atoms. The Morgan fingerprint density at radius 2 is 1.81 bits per heavy atom. The van der Waals surface area contributed by atoms with Crippen molar-refractivity contribution < 1.29 is 9.59 Å². The minimum Gasteiger partial charge on any atom is -0.338 e. The first-order valence-electron chi connectivity index (χ1n) is 7.70. The molecule has 0 saturated carbocycles. The Balaban J connectivity index is 1.83. The Hall–Kier alpha value is -1.84. The predicted molar refractivity (Wildman–Crippen MR) is 83.3 cm³/mol. The standard InChI is InChI=1S/C17H24N2O2/c1-13(2)12-18-17(21)19-10-8-15(9-11-19)16(20)14-6-4-3-5-7-14/h3-7,13,15H,8-12H2,1-2H3,(H,18,21). The Morgan fingerprint density at radius 3 is 2.38 bits per heavy atom. The first-order valence-corrected chi connectivity index (χ1v) is 7.70. The van der Waals surface area contributed by atoms with Gasteiger partial charge in [-0.1, -0.05) is 44.2 Å². The van der Waals surface area contributed by atoms with Crippen LogP contribution in [0, 0.1) is 11.8 Å². The molecule has 21 heavy (non-hydrogen) atoms. The highest BCUT2D eigenvalue weighted by atomic mass is 16.2. The number of urea groups is 1. The molecule has 114 valence electrons. The topological polar surface area (TPSA) is 49.4 Å².